The molecule has 0 unspecified atom stereocenters. The Hall–Kier alpha value is -2.34. The SMILES string of the molecule is C=Cc1ccc(C)c(N)c1N=C.CN1CCN(C(=O)OC(C)(C)C)CC1. The van der Waals surface area contributed by atoms with Gasteiger partial charge in [-0.25, -0.2) is 4.79 Å². The third kappa shape index (κ3) is 6.52. The Bertz CT molecular complexity index is 642. The highest BCUT2D eigenvalue weighted by atomic mass is 16.6. The minimum atomic E-state index is -0.388. The van der Waals surface area contributed by atoms with Gasteiger partial charge in [0.15, 0.2) is 0 Å². The van der Waals surface area contributed by atoms with E-state index in [4.69, 9.17) is 10.5 Å². The molecule has 2 rings (SSSR count). The maximum atomic E-state index is 11.6. The molecule has 0 atom stereocenters. The van der Waals surface area contributed by atoms with Crippen molar-refractivity contribution in [1.29, 1.82) is 0 Å². The Morgan fingerprint density at radius 2 is 1.85 bits per heavy atom. The molecule has 1 saturated heterocycles. The molecule has 6 nitrogen and oxygen atoms in total. The van der Waals surface area contributed by atoms with Crippen LogP contribution < -0.4 is 5.73 Å². The van der Waals surface area contributed by atoms with Crippen LogP contribution in [0.2, 0.25) is 0 Å². The fraction of sp³-hybridized carbons (Fsp3) is 0.500. The molecule has 1 aromatic carbocycles. The van der Waals surface area contributed by atoms with Crippen LogP contribution in [0, 0.1) is 6.92 Å². The molecule has 1 heterocycles. The first-order chi connectivity index (χ1) is 12.1. The number of hydrogen-bond donors (Lipinski definition) is 1. The lowest BCUT2D eigenvalue weighted by Crippen LogP contribution is -2.48. The highest BCUT2D eigenvalue weighted by Crippen LogP contribution is 2.29. The molecule has 1 amide bonds. The minimum absolute atomic E-state index is 0.189. The Morgan fingerprint density at radius 1 is 1.27 bits per heavy atom. The second-order valence-electron chi connectivity index (χ2n) is 7.37. The van der Waals surface area contributed by atoms with Gasteiger partial charge in [-0.05, 0) is 47.0 Å². The molecule has 6 heteroatoms. The summed E-state index contributed by atoms with van der Waals surface area (Å²) in [5.74, 6) is 0. The van der Waals surface area contributed by atoms with Gasteiger partial charge in [-0.2, -0.15) is 0 Å². The number of amides is 1. The van der Waals surface area contributed by atoms with Crippen LogP contribution in [0.1, 0.15) is 31.9 Å². The lowest BCUT2D eigenvalue weighted by Gasteiger charge is -2.33. The van der Waals surface area contributed by atoms with E-state index < -0.39 is 0 Å². The molecule has 1 fully saturated rings. The molecule has 1 aromatic rings. The van der Waals surface area contributed by atoms with Gasteiger partial charge in [-0.1, -0.05) is 24.8 Å². The highest BCUT2D eigenvalue weighted by Gasteiger charge is 2.24. The van der Waals surface area contributed by atoms with Crippen LogP contribution in [0.25, 0.3) is 6.08 Å². The number of nitrogen functional groups attached to an aromatic ring is 1. The molecule has 0 saturated carbocycles. The zero-order valence-electron chi connectivity index (χ0n) is 16.7. The Labute approximate surface area is 157 Å². The normalized spacial score (nSPS) is 14.9. The molecule has 0 spiro atoms. The van der Waals surface area contributed by atoms with Crippen LogP contribution in [0.5, 0.6) is 0 Å². The lowest BCUT2D eigenvalue weighted by atomic mass is 10.1. The topological polar surface area (TPSA) is 71.2 Å². The number of likely N-dealkylation sites (N-methyl/N-ethyl adjacent to an activating group) is 1. The van der Waals surface area contributed by atoms with Crippen molar-refractivity contribution in [3.63, 3.8) is 0 Å². The van der Waals surface area contributed by atoms with Crippen LogP contribution in [-0.2, 0) is 4.74 Å². The smallest absolute Gasteiger partial charge is 0.410 e. The van der Waals surface area contributed by atoms with E-state index in [-0.39, 0.29) is 11.7 Å². The van der Waals surface area contributed by atoms with Gasteiger partial charge in [0, 0.05) is 31.7 Å². The highest BCUT2D eigenvalue weighted by molar-refractivity contribution is 5.78. The zero-order chi connectivity index (χ0) is 19.9. The van der Waals surface area contributed by atoms with E-state index in [9.17, 15) is 4.79 Å². The van der Waals surface area contributed by atoms with E-state index in [1.165, 1.54) is 0 Å². The second kappa shape index (κ2) is 9.38. The van der Waals surface area contributed by atoms with Crippen molar-refractivity contribution in [3.05, 3.63) is 29.8 Å². The van der Waals surface area contributed by atoms with Crippen molar-refractivity contribution in [3.8, 4) is 0 Å². The van der Waals surface area contributed by atoms with Crippen molar-refractivity contribution in [2.45, 2.75) is 33.3 Å². The van der Waals surface area contributed by atoms with Crippen LogP contribution >= 0.6 is 0 Å². The lowest BCUT2D eigenvalue weighted by molar-refractivity contribution is 0.0164. The first-order valence-electron chi connectivity index (χ1n) is 8.73. The maximum Gasteiger partial charge on any atom is 0.410 e. The molecular weight excluding hydrogens is 328 g/mol. The molecule has 1 aliphatic heterocycles. The van der Waals surface area contributed by atoms with Gasteiger partial charge in [0.25, 0.3) is 0 Å². The van der Waals surface area contributed by atoms with Gasteiger partial charge < -0.3 is 20.3 Å². The van der Waals surface area contributed by atoms with Crippen LogP contribution in [-0.4, -0.2) is 61.4 Å². The summed E-state index contributed by atoms with van der Waals surface area (Å²) in [6.45, 7) is 18.1. The number of nitrogens with two attached hydrogens (primary N) is 1. The summed E-state index contributed by atoms with van der Waals surface area (Å²) in [5.41, 5.74) is 8.75. The zero-order valence-corrected chi connectivity index (χ0v) is 16.7. The number of ether oxygens (including phenoxy) is 1. The minimum Gasteiger partial charge on any atom is -0.444 e. The summed E-state index contributed by atoms with van der Waals surface area (Å²) in [6, 6.07) is 3.88. The molecule has 0 aromatic heterocycles. The predicted molar refractivity (Wildman–Crippen MR) is 110 cm³/mol. The number of benzene rings is 1. The van der Waals surface area contributed by atoms with E-state index in [1.54, 1.807) is 11.0 Å². The average Bonchev–Trinajstić information content (AvgIpc) is 2.56. The number of piperazine rings is 1. The predicted octanol–water partition coefficient (Wildman–Crippen LogP) is 3.72. The number of hydrogen-bond acceptors (Lipinski definition) is 5. The van der Waals surface area contributed by atoms with Crippen molar-refractivity contribution in [2.24, 2.45) is 4.99 Å². The third-order valence-electron chi connectivity index (χ3n) is 4.00. The summed E-state index contributed by atoms with van der Waals surface area (Å²) in [6.07, 6.45) is 1.53. The first kappa shape index (κ1) is 21.7. The molecule has 0 bridgehead atoms. The largest absolute Gasteiger partial charge is 0.444 e. The first-order valence-corrected chi connectivity index (χ1v) is 8.73. The second-order valence-corrected chi connectivity index (χ2v) is 7.37. The third-order valence-corrected chi connectivity index (χ3v) is 4.00. The van der Waals surface area contributed by atoms with Crippen LogP contribution in [0.15, 0.2) is 23.7 Å². The van der Waals surface area contributed by atoms with Crippen molar-refractivity contribution >= 4 is 30.3 Å². The monoisotopic (exact) mass is 360 g/mol. The standard InChI is InChI=1S/C10H20N2O2.C10H12N2/c1-10(2,3)14-9(13)12-7-5-11(4)6-8-12;1-4-8-6-5-7(2)9(11)10(8)12-3/h5-8H2,1-4H3;4-6H,1,3,11H2,2H3. The summed E-state index contributed by atoms with van der Waals surface area (Å²) >= 11 is 0. The number of rotatable bonds is 2. The molecular formula is C20H32N4O2. The van der Waals surface area contributed by atoms with E-state index in [2.05, 4.69) is 30.2 Å². The van der Waals surface area contributed by atoms with Crippen LogP contribution in [0.4, 0.5) is 16.2 Å². The number of carbonyl (C=O) groups is 1. The van der Waals surface area contributed by atoms with Crippen molar-refractivity contribution < 1.29 is 9.53 Å². The van der Waals surface area contributed by atoms with Gasteiger partial charge in [0.2, 0.25) is 0 Å². The number of aliphatic imine (C=N–C) groups is 1. The van der Waals surface area contributed by atoms with Gasteiger partial charge in [0.05, 0.1) is 11.4 Å². The Balaban J connectivity index is 0.000000263. The fourth-order valence-electron chi connectivity index (χ4n) is 2.38. The van der Waals surface area contributed by atoms with Crippen molar-refractivity contribution in [1.82, 2.24) is 9.80 Å². The summed E-state index contributed by atoms with van der Waals surface area (Å²) < 4.78 is 5.28. The summed E-state index contributed by atoms with van der Waals surface area (Å²) in [4.78, 5) is 19.4. The fourth-order valence-corrected chi connectivity index (χ4v) is 2.38. The number of nitrogens with zero attached hydrogens (tertiary/aromatic N) is 3. The summed E-state index contributed by atoms with van der Waals surface area (Å²) in [5, 5.41) is 0. The van der Waals surface area contributed by atoms with E-state index in [0.29, 0.717) is 5.69 Å². The van der Waals surface area contributed by atoms with E-state index >= 15 is 0 Å². The van der Waals surface area contributed by atoms with Gasteiger partial charge >= 0.3 is 6.09 Å². The van der Waals surface area contributed by atoms with E-state index in [0.717, 1.165) is 43.0 Å². The van der Waals surface area contributed by atoms with Crippen LogP contribution in [0.3, 0.4) is 0 Å². The van der Waals surface area contributed by atoms with Gasteiger partial charge in [-0.15, -0.1) is 0 Å². The Morgan fingerprint density at radius 3 is 2.31 bits per heavy atom. The van der Waals surface area contributed by atoms with Gasteiger partial charge in [0.1, 0.15) is 5.60 Å². The molecule has 26 heavy (non-hydrogen) atoms. The maximum absolute atomic E-state index is 11.6. The molecule has 144 valence electrons. The average molecular weight is 361 g/mol. The number of carbonyl (C=O) groups excluding carboxylic acids is 1. The number of anilines is 1. The molecule has 0 radical (unpaired) electrons. The number of aryl methyl sites for hydroxylation is 1. The van der Waals surface area contributed by atoms with E-state index in [1.807, 2.05) is 39.8 Å². The molecule has 1 aliphatic rings. The summed E-state index contributed by atoms with van der Waals surface area (Å²) in [7, 11) is 2.06. The van der Waals surface area contributed by atoms with Gasteiger partial charge in [-0.3, -0.25) is 4.99 Å². The molecule has 2 N–H and O–H groups in total. The quantitative estimate of drug-likeness (QED) is 0.644. The molecule has 0 aliphatic carbocycles. The Kier molecular flexibility index (Phi) is 7.83. The van der Waals surface area contributed by atoms with Crippen molar-refractivity contribution in [2.75, 3.05) is 39.0 Å².